The van der Waals surface area contributed by atoms with E-state index in [1.807, 2.05) is 32.0 Å². The van der Waals surface area contributed by atoms with E-state index in [9.17, 15) is 9.59 Å². The zero-order valence-electron chi connectivity index (χ0n) is 17.2. The van der Waals surface area contributed by atoms with E-state index < -0.39 is 0 Å². The number of hydrogen-bond donors (Lipinski definition) is 2. The van der Waals surface area contributed by atoms with Gasteiger partial charge in [-0.25, -0.2) is 4.98 Å². The molecule has 1 amide bonds. The molecule has 0 aliphatic carbocycles. The van der Waals surface area contributed by atoms with Gasteiger partial charge in [0, 0.05) is 24.2 Å². The minimum Gasteiger partial charge on any atom is -0.361 e. The third kappa shape index (κ3) is 5.41. The van der Waals surface area contributed by atoms with Gasteiger partial charge in [-0.05, 0) is 62.9 Å². The molecular formula is C23H27N3O2S. The van der Waals surface area contributed by atoms with E-state index in [0.29, 0.717) is 12.0 Å². The van der Waals surface area contributed by atoms with Gasteiger partial charge in [-0.15, -0.1) is 0 Å². The van der Waals surface area contributed by atoms with Crippen LogP contribution in [-0.2, 0) is 4.79 Å². The lowest BCUT2D eigenvalue weighted by Crippen LogP contribution is -2.13. The number of carbonyl (C=O) groups is 2. The summed E-state index contributed by atoms with van der Waals surface area (Å²) in [6.45, 7) is 6.91. The van der Waals surface area contributed by atoms with Crippen molar-refractivity contribution in [2.45, 2.75) is 46.5 Å². The van der Waals surface area contributed by atoms with Crippen molar-refractivity contribution in [2.24, 2.45) is 0 Å². The van der Waals surface area contributed by atoms with Gasteiger partial charge in [-0.1, -0.05) is 35.5 Å². The van der Waals surface area contributed by atoms with Gasteiger partial charge in [0.1, 0.15) is 6.29 Å². The summed E-state index contributed by atoms with van der Waals surface area (Å²) in [6, 6.07) is 9.76. The Morgan fingerprint density at radius 2 is 1.83 bits per heavy atom. The summed E-state index contributed by atoms with van der Waals surface area (Å²) >= 11 is 1.55. The smallest absolute Gasteiger partial charge is 0.255 e. The fraction of sp³-hybridized carbons (Fsp3) is 0.348. The third-order valence-corrected chi connectivity index (χ3v) is 5.82. The minimum atomic E-state index is -0.111. The maximum atomic E-state index is 12.8. The number of anilines is 2. The first-order valence-corrected chi connectivity index (χ1v) is 10.8. The van der Waals surface area contributed by atoms with Gasteiger partial charge >= 0.3 is 0 Å². The lowest BCUT2D eigenvalue weighted by atomic mass is 10.0. The second-order valence-electron chi connectivity index (χ2n) is 7.37. The van der Waals surface area contributed by atoms with E-state index in [1.165, 1.54) is 5.56 Å². The molecule has 0 saturated heterocycles. The van der Waals surface area contributed by atoms with Crippen molar-refractivity contribution in [2.75, 3.05) is 17.2 Å². The Balaban J connectivity index is 1.66. The summed E-state index contributed by atoms with van der Waals surface area (Å²) in [6.07, 6.45) is 4.57. The van der Waals surface area contributed by atoms with Gasteiger partial charge in [0.05, 0.1) is 10.2 Å². The molecule has 1 aromatic heterocycles. The maximum absolute atomic E-state index is 12.8. The highest BCUT2D eigenvalue weighted by atomic mass is 32.1. The van der Waals surface area contributed by atoms with Crippen LogP contribution in [0.2, 0.25) is 0 Å². The number of aryl methyl sites for hydroxylation is 3. The Bertz CT molecular complexity index is 1000. The highest BCUT2D eigenvalue weighted by Crippen LogP contribution is 2.28. The molecule has 5 nitrogen and oxygen atoms in total. The normalized spacial score (nSPS) is 10.9. The van der Waals surface area contributed by atoms with E-state index in [4.69, 9.17) is 0 Å². The summed E-state index contributed by atoms with van der Waals surface area (Å²) in [7, 11) is 0. The molecule has 0 saturated carbocycles. The highest BCUT2D eigenvalue weighted by molar-refractivity contribution is 7.22. The molecule has 6 heteroatoms. The van der Waals surface area contributed by atoms with E-state index >= 15 is 0 Å². The number of nitrogens with zero attached hydrogens (tertiary/aromatic N) is 1. The number of amides is 1. The molecule has 1 heterocycles. The molecular weight excluding hydrogens is 382 g/mol. The molecule has 0 spiro atoms. The molecule has 0 unspecified atom stereocenters. The van der Waals surface area contributed by atoms with Gasteiger partial charge in [0.15, 0.2) is 5.13 Å². The third-order valence-electron chi connectivity index (χ3n) is 4.84. The van der Waals surface area contributed by atoms with Crippen LogP contribution in [0.3, 0.4) is 0 Å². The van der Waals surface area contributed by atoms with E-state index in [2.05, 4.69) is 34.7 Å². The molecule has 0 aliphatic rings. The van der Waals surface area contributed by atoms with Crippen molar-refractivity contribution < 1.29 is 9.59 Å². The number of carbonyl (C=O) groups excluding carboxylic acids is 2. The van der Waals surface area contributed by atoms with Crippen LogP contribution in [0.25, 0.3) is 10.2 Å². The van der Waals surface area contributed by atoms with Crippen molar-refractivity contribution in [1.29, 1.82) is 0 Å². The fourth-order valence-electron chi connectivity index (χ4n) is 3.43. The molecule has 2 aromatic carbocycles. The van der Waals surface area contributed by atoms with Crippen LogP contribution in [0, 0.1) is 20.8 Å². The number of hydrogen-bond acceptors (Lipinski definition) is 5. The lowest BCUT2D eigenvalue weighted by Gasteiger charge is -2.12. The zero-order chi connectivity index (χ0) is 20.8. The summed E-state index contributed by atoms with van der Waals surface area (Å²) in [5.74, 6) is -0.111. The Labute approximate surface area is 175 Å². The number of aromatic nitrogens is 1. The maximum Gasteiger partial charge on any atom is 0.255 e. The van der Waals surface area contributed by atoms with Crippen molar-refractivity contribution in [3.05, 3.63) is 52.6 Å². The average molecular weight is 410 g/mol. The highest BCUT2D eigenvalue weighted by Gasteiger charge is 2.12. The Morgan fingerprint density at radius 3 is 2.55 bits per heavy atom. The summed E-state index contributed by atoms with van der Waals surface area (Å²) in [4.78, 5) is 27.7. The second kappa shape index (κ2) is 9.65. The van der Waals surface area contributed by atoms with Crippen molar-refractivity contribution in [3.8, 4) is 0 Å². The topological polar surface area (TPSA) is 71.1 Å². The monoisotopic (exact) mass is 409 g/mol. The number of aldehydes is 1. The summed E-state index contributed by atoms with van der Waals surface area (Å²) in [5, 5.41) is 7.25. The van der Waals surface area contributed by atoms with Crippen LogP contribution < -0.4 is 10.6 Å². The van der Waals surface area contributed by atoms with E-state index in [1.54, 1.807) is 11.3 Å². The van der Waals surface area contributed by atoms with Gasteiger partial charge in [0.25, 0.3) is 5.91 Å². The van der Waals surface area contributed by atoms with E-state index in [-0.39, 0.29) is 5.91 Å². The van der Waals surface area contributed by atoms with Crippen molar-refractivity contribution in [3.63, 3.8) is 0 Å². The second-order valence-corrected chi connectivity index (χ2v) is 8.40. The molecule has 3 rings (SSSR count). The van der Waals surface area contributed by atoms with Crippen molar-refractivity contribution >= 4 is 44.6 Å². The number of thiazole rings is 1. The minimum absolute atomic E-state index is 0.111. The molecule has 0 fully saturated rings. The summed E-state index contributed by atoms with van der Waals surface area (Å²) in [5.41, 5.74) is 5.71. The molecule has 152 valence electrons. The van der Waals surface area contributed by atoms with Gasteiger partial charge in [0.2, 0.25) is 0 Å². The van der Waals surface area contributed by atoms with Gasteiger partial charge in [-0.3, -0.25) is 4.79 Å². The lowest BCUT2D eigenvalue weighted by molar-refractivity contribution is -0.107. The molecule has 0 atom stereocenters. The summed E-state index contributed by atoms with van der Waals surface area (Å²) < 4.78 is 0.985. The van der Waals surface area contributed by atoms with Crippen molar-refractivity contribution in [1.82, 2.24) is 4.98 Å². The quantitative estimate of drug-likeness (QED) is 0.354. The largest absolute Gasteiger partial charge is 0.361 e. The first kappa shape index (κ1) is 21.0. The standard InChI is InChI=1S/C23H27N3O2S/c1-15-12-16(2)21(17(3)13-15)26-22(28)18-8-9-19-20(14-18)29-23(25-19)24-10-6-4-5-7-11-27/h8-9,11-14H,4-7,10H2,1-3H3,(H,24,25)(H,26,28). The molecule has 2 N–H and O–H groups in total. The van der Waals surface area contributed by atoms with Gasteiger partial charge in [-0.2, -0.15) is 0 Å². The SMILES string of the molecule is Cc1cc(C)c(NC(=O)c2ccc3nc(NCCCCCC=O)sc3c2)c(C)c1. The first-order chi connectivity index (χ1) is 14.0. The fourth-order valence-corrected chi connectivity index (χ4v) is 4.36. The van der Waals surface area contributed by atoms with Gasteiger partial charge < -0.3 is 15.4 Å². The Kier molecular flexibility index (Phi) is 6.99. The van der Waals surface area contributed by atoms with Crippen LogP contribution in [0.1, 0.15) is 52.7 Å². The number of fused-ring (bicyclic) bond motifs is 1. The molecule has 3 aromatic rings. The molecule has 0 bridgehead atoms. The molecule has 0 aliphatic heterocycles. The Hall–Kier alpha value is -2.73. The van der Waals surface area contributed by atoms with Crippen LogP contribution in [0.15, 0.2) is 30.3 Å². The zero-order valence-corrected chi connectivity index (χ0v) is 18.0. The predicted molar refractivity (Wildman–Crippen MR) is 121 cm³/mol. The predicted octanol–water partition coefficient (Wildman–Crippen LogP) is 5.65. The molecule has 29 heavy (non-hydrogen) atoms. The van der Waals surface area contributed by atoms with E-state index in [0.717, 1.165) is 64.3 Å². The number of unbranched alkanes of at least 4 members (excludes halogenated alkanes) is 3. The average Bonchev–Trinajstić information content (AvgIpc) is 3.09. The van der Waals surface area contributed by atoms with Crippen LogP contribution in [0.5, 0.6) is 0 Å². The first-order valence-electron chi connectivity index (χ1n) is 9.95. The number of benzene rings is 2. The Morgan fingerprint density at radius 1 is 1.07 bits per heavy atom. The van der Waals surface area contributed by atoms with Crippen LogP contribution >= 0.6 is 11.3 Å². The van der Waals surface area contributed by atoms with Crippen LogP contribution in [-0.4, -0.2) is 23.7 Å². The molecule has 0 radical (unpaired) electrons. The van der Waals surface area contributed by atoms with Crippen LogP contribution in [0.4, 0.5) is 10.8 Å². The number of rotatable bonds is 9. The number of nitrogens with one attached hydrogen (secondary N) is 2.